The molecule has 0 bridgehead atoms. The van der Waals surface area contributed by atoms with Gasteiger partial charge in [0.2, 0.25) is 0 Å². The first-order valence-corrected chi connectivity index (χ1v) is 2.47. The molecule has 0 unspecified atom stereocenters. The summed E-state index contributed by atoms with van der Waals surface area (Å²) >= 11 is 0. The van der Waals surface area contributed by atoms with Gasteiger partial charge in [-0.25, -0.2) is 0 Å². The molecule has 0 aliphatic heterocycles. The average Bonchev–Trinajstić information content (AvgIpc) is 1.63. The van der Waals surface area contributed by atoms with Gasteiger partial charge in [-0.15, -0.1) is 0 Å². The van der Waals surface area contributed by atoms with E-state index in [4.69, 9.17) is 0 Å². The Balaban J connectivity index is 3.48. The predicted molar refractivity (Wildman–Crippen MR) is 31.6 cm³/mol. The van der Waals surface area contributed by atoms with Gasteiger partial charge in [-0.1, -0.05) is 0 Å². The van der Waals surface area contributed by atoms with E-state index in [1.807, 2.05) is 0 Å². The molecule has 0 aromatic rings. The molecule has 0 N–H and O–H groups in total. The summed E-state index contributed by atoms with van der Waals surface area (Å²) < 4.78 is 4.31. The van der Waals surface area contributed by atoms with Crippen LogP contribution in [0.1, 0.15) is 13.8 Å². The van der Waals surface area contributed by atoms with Crippen LogP contribution >= 0.6 is 0 Å². The van der Waals surface area contributed by atoms with E-state index in [0.717, 1.165) is 6.26 Å². The highest BCUT2D eigenvalue weighted by Gasteiger charge is 1.85. The van der Waals surface area contributed by atoms with Crippen LogP contribution in [0.5, 0.6) is 0 Å². The monoisotopic (exact) mass is 128 g/mol. The summed E-state index contributed by atoms with van der Waals surface area (Å²) in [4.78, 5) is 20.2. The summed E-state index contributed by atoms with van der Waals surface area (Å²) in [5.74, 6) is -0.566. The molecule has 0 saturated heterocycles. The Kier molecular flexibility index (Phi) is 3.35. The van der Waals surface area contributed by atoms with Crippen LogP contribution in [0.15, 0.2) is 12.3 Å². The largest absolute Gasteiger partial charge is 0.435 e. The van der Waals surface area contributed by atoms with E-state index >= 15 is 0 Å². The summed E-state index contributed by atoms with van der Waals surface area (Å²) in [5, 5.41) is 0. The maximum Gasteiger partial charge on any atom is 0.307 e. The van der Waals surface area contributed by atoms with E-state index < -0.39 is 5.97 Å². The second-order valence-corrected chi connectivity index (χ2v) is 1.52. The molecule has 0 radical (unpaired) electrons. The molecule has 0 aromatic heterocycles. The van der Waals surface area contributed by atoms with Gasteiger partial charge in [0.15, 0.2) is 5.78 Å². The van der Waals surface area contributed by atoms with Gasteiger partial charge in [0.05, 0.1) is 6.26 Å². The van der Waals surface area contributed by atoms with Gasteiger partial charge < -0.3 is 4.74 Å². The van der Waals surface area contributed by atoms with Crippen LogP contribution in [0.2, 0.25) is 0 Å². The minimum absolute atomic E-state index is 0.142. The maximum absolute atomic E-state index is 10.1. The van der Waals surface area contributed by atoms with Crippen molar-refractivity contribution in [1.82, 2.24) is 0 Å². The smallest absolute Gasteiger partial charge is 0.307 e. The molecule has 50 valence electrons. The summed E-state index contributed by atoms with van der Waals surface area (Å²) in [6, 6.07) is 0. The van der Waals surface area contributed by atoms with Gasteiger partial charge in [0.25, 0.3) is 0 Å². The first kappa shape index (κ1) is 7.88. The van der Waals surface area contributed by atoms with E-state index in [9.17, 15) is 9.59 Å². The van der Waals surface area contributed by atoms with Crippen LogP contribution in [-0.4, -0.2) is 11.8 Å². The van der Waals surface area contributed by atoms with Crippen molar-refractivity contribution in [2.75, 3.05) is 0 Å². The number of ether oxygens (including phenoxy) is 1. The molecule has 9 heavy (non-hydrogen) atoms. The van der Waals surface area contributed by atoms with Crippen LogP contribution in [-0.2, 0) is 14.3 Å². The lowest BCUT2D eigenvalue weighted by Crippen LogP contribution is -1.90. The van der Waals surface area contributed by atoms with Gasteiger partial charge in [-0.2, -0.15) is 0 Å². The Morgan fingerprint density at radius 2 is 1.89 bits per heavy atom. The highest BCUT2D eigenvalue weighted by molar-refractivity contribution is 5.87. The van der Waals surface area contributed by atoms with Crippen LogP contribution < -0.4 is 0 Å². The normalized spacial score (nSPS) is 9.56. The highest BCUT2D eigenvalue weighted by atomic mass is 16.5. The number of rotatable bonds is 2. The number of esters is 1. The molecule has 0 atom stereocenters. The second kappa shape index (κ2) is 3.83. The minimum atomic E-state index is -0.424. The van der Waals surface area contributed by atoms with Crippen LogP contribution in [0.3, 0.4) is 0 Å². The Morgan fingerprint density at radius 1 is 1.33 bits per heavy atom. The first-order valence-electron chi connectivity index (χ1n) is 2.47. The van der Waals surface area contributed by atoms with Crippen molar-refractivity contribution in [3.05, 3.63) is 12.3 Å². The van der Waals surface area contributed by atoms with Crippen molar-refractivity contribution in [2.24, 2.45) is 0 Å². The van der Waals surface area contributed by atoms with Crippen LogP contribution in [0.25, 0.3) is 0 Å². The Morgan fingerprint density at radius 3 is 2.22 bits per heavy atom. The fourth-order valence-corrected chi connectivity index (χ4v) is 0.226. The molecule has 3 nitrogen and oxygen atoms in total. The fourth-order valence-electron chi connectivity index (χ4n) is 0.226. The molecule has 0 heterocycles. The molecular weight excluding hydrogens is 120 g/mol. The van der Waals surface area contributed by atoms with Crippen LogP contribution in [0.4, 0.5) is 0 Å². The summed E-state index contributed by atoms with van der Waals surface area (Å²) in [6.07, 6.45) is 2.26. The number of hydrogen-bond donors (Lipinski definition) is 0. The van der Waals surface area contributed by atoms with Crippen molar-refractivity contribution < 1.29 is 14.3 Å². The van der Waals surface area contributed by atoms with E-state index in [2.05, 4.69) is 4.74 Å². The van der Waals surface area contributed by atoms with Crippen molar-refractivity contribution >= 4 is 11.8 Å². The Bertz CT molecular complexity index is 146. The Labute approximate surface area is 53.3 Å². The van der Waals surface area contributed by atoms with E-state index in [-0.39, 0.29) is 5.78 Å². The second-order valence-electron chi connectivity index (χ2n) is 1.52. The fraction of sp³-hybridized carbons (Fsp3) is 0.333. The zero-order valence-corrected chi connectivity index (χ0v) is 5.38. The van der Waals surface area contributed by atoms with Crippen molar-refractivity contribution in [3.8, 4) is 0 Å². The molecule has 0 rings (SSSR count). The number of allylic oxidation sites excluding steroid dienone is 1. The lowest BCUT2D eigenvalue weighted by atomic mass is 10.4. The summed E-state index contributed by atoms with van der Waals surface area (Å²) in [5.41, 5.74) is 0. The third kappa shape index (κ3) is 6.88. The first-order chi connectivity index (χ1) is 4.13. The van der Waals surface area contributed by atoms with Gasteiger partial charge in [0.1, 0.15) is 0 Å². The molecule has 0 aliphatic rings. The number of ketones is 1. The molecule has 0 saturated carbocycles. The maximum atomic E-state index is 10.1. The highest BCUT2D eigenvalue weighted by Crippen LogP contribution is 1.79. The van der Waals surface area contributed by atoms with Crippen molar-refractivity contribution in [3.63, 3.8) is 0 Å². The number of carbonyl (C=O) groups is 2. The third-order valence-electron chi connectivity index (χ3n) is 0.537. The van der Waals surface area contributed by atoms with E-state index in [1.54, 1.807) is 0 Å². The molecular formula is C6H8O3. The number of carbonyl (C=O) groups excluding carboxylic acids is 2. The van der Waals surface area contributed by atoms with Gasteiger partial charge >= 0.3 is 5.97 Å². The molecule has 0 aromatic carbocycles. The third-order valence-corrected chi connectivity index (χ3v) is 0.537. The van der Waals surface area contributed by atoms with Crippen LogP contribution in [0, 0.1) is 0 Å². The topological polar surface area (TPSA) is 43.4 Å². The van der Waals surface area contributed by atoms with Gasteiger partial charge in [-0.3, -0.25) is 9.59 Å². The molecule has 0 amide bonds. The average molecular weight is 128 g/mol. The van der Waals surface area contributed by atoms with Crippen molar-refractivity contribution in [1.29, 1.82) is 0 Å². The summed E-state index contributed by atoms with van der Waals surface area (Å²) in [6.45, 7) is 2.64. The SMILES string of the molecule is CC(=O)C=COC(C)=O. The molecule has 0 aliphatic carbocycles. The molecule has 0 spiro atoms. The van der Waals surface area contributed by atoms with Gasteiger partial charge in [0, 0.05) is 13.0 Å². The number of hydrogen-bond acceptors (Lipinski definition) is 3. The lowest BCUT2D eigenvalue weighted by molar-refractivity contribution is -0.135. The zero-order valence-electron chi connectivity index (χ0n) is 5.38. The van der Waals surface area contributed by atoms with Gasteiger partial charge in [-0.05, 0) is 6.92 Å². The molecule has 3 heteroatoms. The summed E-state index contributed by atoms with van der Waals surface area (Å²) in [7, 11) is 0. The van der Waals surface area contributed by atoms with E-state index in [0.29, 0.717) is 0 Å². The Hall–Kier alpha value is -1.12. The molecule has 0 fully saturated rings. The van der Waals surface area contributed by atoms with Crippen molar-refractivity contribution in [2.45, 2.75) is 13.8 Å². The predicted octanol–water partition coefficient (Wildman–Crippen LogP) is 0.652. The zero-order chi connectivity index (χ0) is 7.28. The van der Waals surface area contributed by atoms with E-state index in [1.165, 1.54) is 19.9 Å². The lowest BCUT2D eigenvalue weighted by Gasteiger charge is -1.86. The minimum Gasteiger partial charge on any atom is -0.435 e. The standard InChI is InChI=1S/C6H8O3/c1-5(7)3-4-9-6(2)8/h3-4H,1-2H3. The quantitative estimate of drug-likeness (QED) is 0.311.